The second-order valence-electron chi connectivity index (χ2n) is 6.58. The molecule has 0 saturated heterocycles. The lowest BCUT2D eigenvalue weighted by molar-refractivity contribution is -0.152. The van der Waals surface area contributed by atoms with E-state index in [4.69, 9.17) is 9.47 Å². The van der Waals surface area contributed by atoms with Gasteiger partial charge in [-0.15, -0.1) is 0 Å². The van der Waals surface area contributed by atoms with Gasteiger partial charge in [0.25, 0.3) is 0 Å². The first-order chi connectivity index (χ1) is 15.6. The van der Waals surface area contributed by atoms with Crippen LogP contribution >= 0.6 is 11.8 Å². The van der Waals surface area contributed by atoms with Crippen LogP contribution in [0.15, 0.2) is 71.8 Å². The molecule has 2 aromatic carbocycles. The Kier molecular flexibility index (Phi) is 8.01. The minimum absolute atomic E-state index is 0.118. The second kappa shape index (κ2) is 11.1. The van der Waals surface area contributed by atoms with Crippen LogP contribution in [-0.2, 0) is 19.1 Å². The molecule has 162 valence electrons. The highest BCUT2D eigenvalue weighted by molar-refractivity contribution is 8.01. The maximum absolute atomic E-state index is 12.5. The smallest absolute Gasteiger partial charge is 0.331 e. The van der Waals surface area contributed by atoms with E-state index in [9.17, 15) is 14.9 Å². The molecule has 0 unspecified atom stereocenters. The van der Waals surface area contributed by atoms with Gasteiger partial charge in [-0.3, -0.25) is 9.59 Å². The second-order valence-corrected chi connectivity index (χ2v) is 7.67. The summed E-state index contributed by atoms with van der Waals surface area (Å²) in [5, 5.41) is 8.96. The van der Waals surface area contributed by atoms with Crippen molar-refractivity contribution in [3.63, 3.8) is 0 Å². The molecule has 0 spiro atoms. The molecule has 32 heavy (non-hydrogen) atoms. The Hall–Kier alpha value is -3.63. The van der Waals surface area contributed by atoms with Crippen molar-refractivity contribution in [2.45, 2.75) is 24.1 Å². The fourth-order valence-electron chi connectivity index (χ4n) is 3.06. The number of rotatable bonds is 8. The molecular weight excluding hydrogens is 424 g/mol. The van der Waals surface area contributed by atoms with E-state index in [1.807, 2.05) is 66.7 Å². The molecule has 3 aromatic rings. The molecule has 1 aromatic heterocycles. The number of aromatic nitrogens is 1. The molecule has 0 bridgehead atoms. The van der Waals surface area contributed by atoms with Crippen LogP contribution in [0.2, 0.25) is 0 Å². The van der Waals surface area contributed by atoms with Gasteiger partial charge in [0.05, 0.1) is 24.5 Å². The molecule has 0 radical (unpaired) electrons. The van der Waals surface area contributed by atoms with Crippen molar-refractivity contribution in [2.24, 2.45) is 0 Å². The summed E-state index contributed by atoms with van der Waals surface area (Å²) in [6.45, 7) is 3.56. The van der Waals surface area contributed by atoms with Gasteiger partial charge < -0.3 is 9.47 Å². The summed E-state index contributed by atoms with van der Waals surface area (Å²) in [4.78, 5) is 29.7. The fraction of sp³-hybridized carbons (Fsp3) is 0.200. The van der Waals surface area contributed by atoms with E-state index in [1.165, 1.54) is 0 Å². The Balaban J connectivity index is 2.17. The third kappa shape index (κ3) is 5.34. The number of carbonyl (C=O) groups is 2. The number of benzene rings is 2. The van der Waals surface area contributed by atoms with E-state index in [0.717, 1.165) is 22.9 Å². The van der Waals surface area contributed by atoms with Crippen LogP contribution in [0.25, 0.3) is 22.4 Å². The predicted molar refractivity (Wildman–Crippen MR) is 123 cm³/mol. The van der Waals surface area contributed by atoms with E-state index in [-0.39, 0.29) is 23.8 Å². The number of nitriles is 1. The summed E-state index contributed by atoms with van der Waals surface area (Å²) in [6, 6.07) is 23.0. The maximum Gasteiger partial charge on any atom is 0.331 e. The van der Waals surface area contributed by atoms with Crippen molar-refractivity contribution in [3.8, 4) is 28.5 Å². The van der Waals surface area contributed by atoms with Crippen LogP contribution in [0.3, 0.4) is 0 Å². The number of thioether (sulfide) groups is 1. The van der Waals surface area contributed by atoms with Gasteiger partial charge in [0.2, 0.25) is 5.25 Å². The van der Waals surface area contributed by atoms with Crippen LogP contribution in [-0.4, -0.2) is 35.4 Å². The van der Waals surface area contributed by atoms with E-state index in [0.29, 0.717) is 11.3 Å². The lowest BCUT2D eigenvalue weighted by Crippen LogP contribution is -2.31. The molecule has 0 fully saturated rings. The van der Waals surface area contributed by atoms with E-state index in [2.05, 4.69) is 11.1 Å². The Bertz CT molecular complexity index is 1110. The molecular formula is C25H22N2O4S. The third-order valence-electron chi connectivity index (χ3n) is 4.48. The van der Waals surface area contributed by atoms with Gasteiger partial charge in [0.1, 0.15) is 11.1 Å². The zero-order valence-corrected chi connectivity index (χ0v) is 18.6. The van der Waals surface area contributed by atoms with E-state index >= 15 is 0 Å². The number of hydrogen-bond donors (Lipinski definition) is 0. The highest BCUT2D eigenvalue weighted by Gasteiger charge is 2.33. The van der Waals surface area contributed by atoms with Gasteiger partial charge >= 0.3 is 11.9 Å². The topological polar surface area (TPSA) is 89.3 Å². The summed E-state index contributed by atoms with van der Waals surface area (Å²) >= 11 is 0.871. The molecule has 1 heterocycles. The first-order valence-corrected chi connectivity index (χ1v) is 11.0. The largest absolute Gasteiger partial charge is 0.465 e. The summed E-state index contributed by atoms with van der Waals surface area (Å²) in [6.07, 6.45) is 0. The van der Waals surface area contributed by atoms with Gasteiger partial charge in [0.15, 0.2) is 0 Å². The highest BCUT2D eigenvalue weighted by Crippen LogP contribution is 2.36. The van der Waals surface area contributed by atoms with Gasteiger partial charge in [-0.05, 0) is 25.5 Å². The molecule has 0 N–H and O–H groups in total. The Labute approximate surface area is 191 Å². The van der Waals surface area contributed by atoms with Crippen molar-refractivity contribution < 1.29 is 19.1 Å². The first-order valence-electron chi connectivity index (χ1n) is 10.1. The third-order valence-corrected chi connectivity index (χ3v) is 5.62. The number of ether oxygens (including phenoxy) is 2. The maximum atomic E-state index is 12.5. The lowest BCUT2D eigenvalue weighted by Gasteiger charge is -2.16. The molecule has 0 aliphatic carbocycles. The Morgan fingerprint density at radius 2 is 1.47 bits per heavy atom. The predicted octanol–water partition coefficient (Wildman–Crippen LogP) is 4.87. The van der Waals surface area contributed by atoms with Crippen molar-refractivity contribution >= 4 is 23.7 Å². The molecule has 7 heteroatoms. The van der Waals surface area contributed by atoms with Crippen molar-refractivity contribution in [3.05, 3.63) is 72.3 Å². The summed E-state index contributed by atoms with van der Waals surface area (Å²) in [5.74, 6) is -1.46. The average Bonchev–Trinajstić information content (AvgIpc) is 2.83. The van der Waals surface area contributed by atoms with Crippen molar-refractivity contribution in [1.29, 1.82) is 5.26 Å². The Morgan fingerprint density at radius 3 is 1.97 bits per heavy atom. The zero-order valence-electron chi connectivity index (χ0n) is 17.8. The molecule has 0 saturated carbocycles. The number of nitrogens with zero attached hydrogens (tertiary/aromatic N) is 2. The monoisotopic (exact) mass is 446 g/mol. The number of carbonyl (C=O) groups excluding carboxylic acids is 2. The number of hydrogen-bond acceptors (Lipinski definition) is 7. The minimum Gasteiger partial charge on any atom is -0.465 e. The lowest BCUT2D eigenvalue weighted by atomic mass is 9.99. The Morgan fingerprint density at radius 1 is 0.938 bits per heavy atom. The van der Waals surface area contributed by atoms with Gasteiger partial charge in [-0.1, -0.05) is 72.4 Å². The molecule has 6 nitrogen and oxygen atoms in total. The van der Waals surface area contributed by atoms with E-state index in [1.54, 1.807) is 13.8 Å². The van der Waals surface area contributed by atoms with Gasteiger partial charge in [-0.25, -0.2) is 4.98 Å². The fourth-order valence-corrected chi connectivity index (χ4v) is 4.03. The summed E-state index contributed by atoms with van der Waals surface area (Å²) < 4.78 is 10.2. The molecule has 3 rings (SSSR count). The van der Waals surface area contributed by atoms with Crippen LogP contribution in [0.4, 0.5) is 0 Å². The quantitative estimate of drug-likeness (QED) is 0.277. The highest BCUT2D eigenvalue weighted by atomic mass is 32.2. The zero-order chi connectivity index (χ0) is 22.9. The van der Waals surface area contributed by atoms with Crippen LogP contribution < -0.4 is 0 Å². The van der Waals surface area contributed by atoms with Gasteiger partial charge in [-0.2, -0.15) is 5.26 Å². The summed E-state index contributed by atoms with van der Waals surface area (Å²) in [5.41, 5.74) is 3.24. The number of esters is 2. The minimum atomic E-state index is -1.29. The molecule has 0 amide bonds. The van der Waals surface area contributed by atoms with E-state index < -0.39 is 17.2 Å². The summed E-state index contributed by atoms with van der Waals surface area (Å²) in [7, 11) is 0. The molecule has 0 aliphatic heterocycles. The van der Waals surface area contributed by atoms with Crippen LogP contribution in [0.1, 0.15) is 19.4 Å². The van der Waals surface area contributed by atoms with Gasteiger partial charge in [0, 0.05) is 11.1 Å². The SMILES string of the molecule is CCOC(=O)C(Sc1nc(-c2ccccc2)cc(-c2ccccc2)c1C#N)C(=O)OCC. The normalized spacial score (nSPS) is 10.4. The number of pyridine rings is 1. The average molecular weight is 447 g/mol. The van der Waals surface area contributed by atoms with Crippen LogP contribution in [0, 0.1) is 11.3 Å². The molecule has 0 atom stereocenters. The molecule has 0 aliphatic rings. The standard InChI is InChI=1S/C25H22N2O4S/c1-3-30-24(28)22(25(29)31-4-2)32-23-20(16-26)19(17-11-7-5-8-12-17)15-21(27-23)18-13-9-6-10-14-18/h5-15,22H,3-4H2,1-2H3. The van der Waals surface area contributed by atoms with Crippen molar-refractivity contribution in [2.75, 3.05) is 13.2 Å². The van der Waals surface area contributed by atoms with Crippen LogP contribution in [0.5, 0.6) is 0 Å². The van der Waals surface area contributed by atoms with Crippen molar-refractivity contribution in [1.82, 2.24) is 4.98 Å². The first kappa shape index (κ1) is 23.0.